The highest BCUT2D eigenvalue weighted by molar-refractivity contribution is 5.42. The third-order valence-electron chi connectivity index (χ3n) is 3.08. The summed E-state index contributed by atoms with van der Waals surface area (Å²) in [6, 6.07) is 1.84. The lowest BCUT2D eigenvalue weighted by molar-refractivity contribution is 0.391. The summed E-state index contributed by atoms with van der Waals surface area (Å²) in [5.41, 5.74) is 1.93. The number of ether oxygens (including phenoxy) is 2. The predicted octanol–water partition coefficient (Wildman–Crippen LogP) is 1.14. The van der Waals surface area contributed by atoms with E-state index in [1.807, 2.05) is 20.2 Å². The molecule has 0 radical (unpaired) electrons. The van der Waals surface area contributed by atoms with E-state index < -0.39 is 0 Å². The number of aryl methyl sites for hydroxylation is 1. The van der Waals surface area contributed by atoms with Gasteiger partial charge in [-0.25, -0.2) is 0 Å². The number of nitrogens with zero attached hydrogens (tertiary/aromatic N) is 3. The summed E-state index contributed by atoms with van der Waals surface area (Å²) in [4.78, 5) is 4.07. The first-order valence-corrected chi connectivity index (χ1v) is 5.94. The Bertz CT molecular complexity index is 553. The smallest absolute Gasteiger partial charge is 0.161 e. The fourth-order valence-corrected chi connectivity index (χ4v) is 2.15. The topological polar surface area (TPSA) is 61.2 Å². The molecule has 1 atom stereocenters. The van der Waals surface area contributed by atoms with E-state index in [4.69, 9.17) is 9.47 Å². The van der Waals surface area contributed by atoms with Gasteiger partial charge in [0.1, 0.15) is 11.4 Å². The van der Waals surface area contributed by atoms with Crippen LogP contribution in [0, 0.1) is 0 Å². The molecular weight excluding hydrogens is 244 g/mol. The fraction of sp³-hybridized carbons (Fsp3) is 0.385. The second kappa shape index (κ2) is 5.71. The van der Waals surface area contributed by atoms with Crippen molar-refractivity contribution in [1.29, 1.82) is 0 Å². The van der Waals surface area contributed by atoms with Crippen molar-refractivity contribution in [1.82, 2.24) is 20.1 Å². The van der Waals surface area contributed by atoms with Gasteiger partial charge >= 0.3 is 0 Å². The lowest BCUT2D eigenvalue weighted by Crippen LogP contribution is -2.22. The zero-order chi connectivity index (χ0) is 13.8. The first-order valence-electron chi connectivity index (χ1n) is 5.94. The number of aromatic nitrogens is 3. The highest BCUT2D eigenvalue weighted by Gasteiger charge is 2.23. The monoisotopic (exact) mass is 262 g/mol. The van der Waals surface area contributed by atoms with E-state index in [0.29, 0.717) is 0 Å². The van der Waals surface area contributed by atoms with Crippen LogP contribution in [0.2, 0.25) is 0 Å². The van der Waals surface area contributed by atoms with Gasteiger partial charge in [0.15, 0.2) is 5.75 Å². The second-order valence-electron chi connectivity index (χ2n) is 4.06. The van der Waals surface area contributed by atoms with Crippen LogP contribution in [0.4, 0.5) is 0 Å². The van der Waals surface area contributed by atoms with Crippen LogP contribution in [-0.4, -0.2) is 36.0 Å². The SMILES string of the molecule is CNC(c1ccncc1OC)c1c(OC)cnn1C. The molecule has 19 heavy (non-hydrogen) atoms. The average Bonchev–Trinajstić information content (AvgIpc) is 2.82. The van der Waals surface area contributed by atoms with Crippen molar-refractivity contribution in [3.8, 4) is 11.5 Å². The molecule has 1 N–H and O–H groups in total. The number of pyridine rings is 1. The Morgan fingerprint density at radius 2 is 1.95 bits per heavy atom. The number of hydrogen-bond donors (Lipinski definition) is 1. The number of methoxy groups -OCH3 is 2. The Labute approximate surface area is 112 Å². The summed E-state index contributed by atoms with van der Waals surface area (Å²) in [7, 11) is 7.04. The fourth-order valence-electron chi connectivity index (χ4n) is 2.15. The van der Waals surface area contributed by atoms with E-state index >= 15 is 0 Å². The lowest BCUT2D eigenvalue weighted by atomic mass is 10.0. The van der Waals surface area contributed by atoms with E-state index in [1.165, 1.54) is 0 Å². The van der Waals surface area contributed by atoms with Gasteiger partial charge < -0.3 is 14.8 Å². The van der Waals surface area contributed by atoms with Crippen LogP contribution in [0.3, 0.4) is 0 Å². The van der Waals surface area contributed by atoms with Crippen LogP contribution in [0.15, 0.2) is 24.7 Å². The van der Waals surface area contributed by atoms with Gasteiger partial charge in [-0.3, -0.25) is 9.67 Å². The van der Waals surface area contributed by atoms with Crippen molar-refractivity contribution in [3.63, 3.8) is 0 Å². The van der Waals surface area contributed by atoms with Gasteiger partial charge in [-0.05, 0) is 13.1 Å². The molecule has 2 heterocycles. The lowest BCUT2D eigenvalue weighted by Gasteiger charge is -2.20. The van der Waals surface area contributed by atoms with Crippen molar-refractivity contribution in [2.75, 3.05) is 21.3 Å². The molecule has 0 saturated heterocycles. The first kappa shape index (κ1) is 13.4. The first-order chi connectivity index (χ1) is 9.22. The van der Waals surface area contributed by atoms with Crippen LogP contribution in [0.5, 0.6) is 11.5 Å². The second-order valence-corrected chi connectivity index (χ2v) is 4.06. The largest absolute Gasteiger partial charge is 0.495 e. The molecule has 6 heteroatoms. The van der Waals surface area contributed by atoms with Gasteiger partial charge in [-0.15, -0.1) is 0 Å². The van der Waals surface area contributed by atoms with E-state index in [-0.39, 0.29) is 6.04 Å². The number of nitrogens with one attached hydrogen (secondary N) is 1. The summed E-state index contributed by atoms with van der Waals surface area (Å²) in [6.45, 7) is 0. The van der Waals surface area contributed by atoms with Crippen LogP contribution in [-0.2, 0) is 7.05 Å². The molecule has 0 fully saturated rings. The standard InChI is InChI=1S/C13H18N4O2/c1-14-12(9-5-6-15-7-10(9)18-3)13-11(19-4)8-16-17(13)2/h5-8,12,14H,1-4H3. The van der Waals surface area contributed by atoms with Gasteiger partial charge in [-0.1, -0.05) is 0 Å². The minimum atomic E-state index is -0.0830. The molecule has 0 bridgehead atoms. The third kappa shape index (κ3) is 2.39. The van der Waals surface area contributed by atoms with Crippen molar-refractivity contribution < 1.29 is 9.47 Å². The minimum Gasteiger partial charge on any atom is -0.495 e. The van der Waals surface area contributed by atoms with Crippen LogP contribution in [0.25, 0.3) is 0 Å². The van der Waals surface area contributed by atoms with E-state index in [9.17, 15) is 0 Å². The Balaban J connectivity index is 2.53. The molecule has 0 aliphatic heterocycles. The number of rotatable bonds is 5. The van der Waals surface area contributed by atoms with E-state index in [1.54, 1.807) is 37.5 Å². The molecule has 102 valence electrons. The van der Waals surface area contributed by atoms with Gasteiger partial charge in [0.05, 0.1) is 32.7 Å². The normalized spacial score (nSPS) is 12.2. The van der Waals surface area contributed by atoms with E-state index in [2.05, 4.69) is 15.4 Å². The van der Waals surface area contributed by atoms with Crippen LogP contribution in [0.1, 0.15) is 17.3 Å². The quantitative estimate of drug-likeness (QED) is 0.875. The minimum absolute atomic E-state index is 0.0830. The predicted molar refractivity (Wildman–Crippen MR) is 71.5 cm³/mol. The molecule has 0 saturated carbocycles. The molecule has 2 rings (SSSR count). The summed E-state index contributed by atoms with van der Waals surface area (Å²) >= 11 is 0. The number of hydrogen-bond acceptors (Lipinski definition) is 5. The highest BCUT2D eigenvalue weighted by atomic mass is 16.5. The van der Waals surface area contributed by atoms with Crippen LogP contribution >= 0.6 is 0 Å². The summed E-state index contributed by atoms with van der Waals surface area (Å²) in [5.74, 6) is 1.46. The molecule has 0 aromatic carbocycles. The van der Waals surface area contributed by atoms with Crippen molar-refractivity contribution in [2.24, 2.45) is 7.05 Å². The molecule has 2 aromatic heterocycles. The highest BCUT2D eigenvalue weighted by Crippen LogP contribution is 2.33. The maximum atomic E-state index is 5.37. The molecule has 0 amide bonds. The summed E-state index contributed by atoms with van der Waals surface area (Å²) in [6.07, 6.45) is 5.14. The zero-order valence-electron chi connectivity index (χ0n) is 11.5. The molecule has 0 spiro atoms. The maximum Gasteiger partial charge on any atom is 0.161 e. The van der Waals surface area contributed by atoms with Crippen molar-refractivity contribution in [2.45, 2.75) is 6.04 Å². The van der Waals surface area contributed by atoms with Gasteiger partial charge in [0, 0.05) is 18.8 Å². The summed E-state index contributed by atoms with van der Waals surface area (Å²) < 4.78 is 12.5. The average molecular weight is 262 g/mol. The van der Waals surface area contributed by atoms with Crippen molar-refractivity contribution >= 4 is 0 Å². The van der Waals surface area contributed by atoms with Gasteiger partial charge in [0.2, 0.25) is 0 Å². The molecule has 6 nitrogen and oxygen atoms in total. The Morgan fingerprint density at radius 3 is 2.58 bits per heavy atom. The molecule has 0 aliphatic rings. The molecule has 1 unspecified atom stereocenters. The zero-order valence-corrected chi connectivity index (χ0v) is 11.5. The summed E-state index contributed by atoms with van der Waals surface area (Å²) in [5, 5.41) is 7.49. The third-order valence-corrected chi connectivity index (χ3v) is 3.08. The van der Waals surface area contributed by atoms with Crippen LogP contribution < -0.4 is 14.8 Å². The van der Waals surface area contributed by atoms with E-state index in [0.717, 1.165) is 22.8 Å². The maximum absolute atomic E-state index is 5.37. The van der Waals surface area contributed by atoms with Gasteiger partial charge in [0.25, 0.3) is 0 Å². The Morgan fingerprint density at radius 1 is 1.21 bits per heavy atom. The molecule has 0 aliphatic carbocycles. The molecular formula is C13H18N4O2. The molecule has 2 aromatic rings. The Kier molecular flexibility index (Phi) is 4.01. The van der Waals surface area contributed by atoms with Crippen molar-refractivity contribution in [3.05, 3.63) is 35.9 Å². The van der Waals surface area contributed by atoms with Gasteiger partial charge in [-0.2, -0.15) is 5.10 Å². The Hall–Kier alpha value is -2.08.